The summed E-state index contributed by atoms with van der Waals surface area (Å²) in [7, 11) is 1.57. The van der Waals surface area contributed by atoms with Gasteiger partial charge in [0.1, 0.15) is 0 Å². The molecule has 8 nitrogen and oxygen atoms in total. The first-order chi connectivity index (χ1) is 16.7. The molecule has 1 aliphatic rings. The average Bonchev–Trinajstić information content (AvgIpc) is 2.84. The van der Waals surface area contributed by atoms with Gasteiger partial charge in [0.05, 0.1) is 17.9 Å². The Kier molecular flexibility index (Phi) is 7.07. The molecule has 2 N–H and O–H groups in total. The lowest BCUT2D eigenvalue weighted by molar-refractivity contribution is 0.0653. The lowest BCUT2D eigenvalue weighted by atomic mass is 9.98. The van der Waals surface area contributed by atoms with Gasteiger partial charge in [0.25, 0.3) is 17.4 Å². The molecule has 0 fully saturated rings. The van der Waals surface area contributed by atoms with Crippen LogP contribution in [-0.4, -0.2) is 45.4 Å². The zero-order valence-corrected chi connectivity index (χ0v) is 21.7. The Bertz CT molecular complexity index is 1320. The minimum atomic E-state index is -0.197. The van der Waals surface area contributed by atoms with Crippen molar-refractivity contribution in [3.8, 4) is 5.69 Å². The molecule has 2 heterocycles. The molecular formula is C26H28BrN5O3. The van der Waals surface area contributed by atoms with Gasteiger partial charge in [-0.05, 0) is 75.7 Å². The summed E-state index contributed by atoms with van der Waals surface area (Å²) in [6.07, 6.45) is 0.404. The lowest BCUT2D eigenvalue weighted by Crippen LogP contribution is -2.46. The van der Waals surface area contributed by atoms with Crippen LogP contribution in [0.5, 0.6) is 0 Å². The van der Waals surface area contributed by atoms with Crippen LogP contribution in [0.15, 0.2) is 57.8 Å². The van der Waals surface area contributed by atoms with E-state index in [2.05, 4.69) is 26.6 Å². The van der Waals surface area contributed by atoms with Crippen LogP contribution in [0.1, 0.15) is 52.7 Å². The Morgan fingerprint density at radius 2 is 1.69 bits per heavy atom. The van der Waals surface area contributed by atoms with Gasteiger partial charge in [-0.15, -0.1) is 0 Å². The number of hydrogen-bond acceptors (Lipinski definition) is 5. The molecule has 0 unspecified atom stereocenters. The lowest BCUT2D eigenvalue weighted by Gasteiger charge is -2.34. The SMILES string of the molecule is CNC(=O)c1ccc(-n2c(NC(C)C)nc3c(c2=O)C[C@@H](C)N(C(=O)c2ccc(Br)cc2)C3)cc1. The molecule has 0 saturated heterocycles. The van der Waals surface area contributed by atoms with Crippen LogP contribution in [0.3, 0.4) is 0 Å². The largest absolute Gasteiger partial charge is 0.355 e. The first-order valence-electron chi connectivity index (χ1n) is 11.5. The molecule has 0 saturated carbocycles. The maximum atomic E-state index is 13.7. The van der Waals surface area contributed by atoms with Crippen molar-refractivity contribution in [1.82, 2.24) is 19.8 Å². The molecule has 4 rings (SSSR count). The number of rotatable bonds is 5. The Labute approximate surface area is 212 Å². The second-order valence-electron chi connectivity index (χ2n) is 8.92. The topological polar surface area (TPSA) is 96.3 Å². The van der Waals surface area contributed by atoms with Crippen molar-refractivity contribution in [2.75, 3.05) is 12.4 Å². The molecule has 2 aromatic carbocycles. The molecule has 1 aliphatic heterocycles. The molecule has 9 heteroatoms. The van der Waals surface area contributed by atoms with Gasteiger partial charge >= 0.3 is 0 Å². The van der Waals surface area contributed by atoms with Gasteiger partial charge in [-0.1, -0.05) is 15.9 Å². The number of carbonyl (C=O) groups excluding carboxylic acids is 2. The van der Waals surface area contributed by atoms with E-state index in [1.165, 1.54) is 0 Å². The molecule has 0 radical (unpaired) electrons. The fourth-order valence-corrected chi connectivity index (χ4v) is 4.45. The van der Waals surface area contributed by atoms with Gasteiger partial charge in [-0.3, -0.25) is 14.4 Å². The van der Waals surface area contributed by atoms with E-state index in [0.29, 0.717) is 40.4 Å². The molecule has 0 spiro atoms. The van der Waals surface area contributed by atoms with Gasteiger partial charge in [0.2, 0.25) is 5.95 Å². The summed E-state index contributed by atoms with van der Waals surface area (Å²) in [4.78, 5) is 45.5. The quantitative estimate of drug-likeness (QED) is 0.516. The standard InChI is InChI=1S/C26H28BrN5O3/c1-15(2)29-26-30-22-14-31(24(34)18-5-9-19(27)10-6-18)16(3)13-21(22)25(35)32(26)20-11-7-17(8-12-20)23(33)28-4/h5-12,15-16H,13-14H2,1-4H3,(H,28,33)(H,29,30)/t16-/m1/s1. The first kappa shape index (κ1) is 24.7. The predicted molar refractivity (Wildman–Crippen MR) is 139 cm³/mol. The summed E-state index contributed by atoms with van der Waals surface area (Å²) >= 11 is 3.40. The van der Waals surface area contributed by atoms with E-state index in [-0.39, 0.29) is 36.0 Å². The molecule has 0 aliphatic carbocycles. The smallest absolute Gasteiger partial charge is 0.263 e. The molecule has 3 aromatic rings. The number of fused-ring (bicyclic) bond motifs is 1. The predicted octanol–water partition coefficient (Wildman–Crippen LogP) is 3.76. The highest BCUT2D eigenvalue weighted by Gasteiger charge is 2.32. The fourth-order valence-electron chi connectivity index (χ4n) is 4.19. The molecule has 2 amide bonds. The maximum absolute atomic E-state index is 13.7. The van der Waals surface area contributed by atoms with E-state index in [1.54, 1.807) is 52.9 Å². The second-order valence-corrected chi connectivity index (χ2v) is 9.84. The molecule has 0 bridgehead atoms. The van der Waals surface area contributed by atoms with Gasteiger partial charge in [-0.2, -0.15) is 0 Å². The highest BCUT2D eigenvalue weighted by molar-refractivity contribution is 9.10. The van der Waals surface area contributed by atoms with E-state index in [0.717, 1.165) is 4.47 Å². The minimum Gasteiger partial charge on any atom is -0.355 e. The number of nitrogens with zero attached hydrogens (tertiary/aromatic N) is 3. The van der Waals surface area contributed by atoms with Crippen molar-refractivity contribution < 1.29 is 9.59 Å². The summed E-state index contributed by atoms with van der Waals surface area (Å²) in [6, 6.07) is 14.0. The molecular weight excluding hydrogens is 510 g/mol. The summed E-state index contributed by atoms with van der Waals surface area (Å²) in [5.74, 6) is 0.115. The van der Waals surface area contributed by atoms with Gasteiger partial charge in [-0.25, -0.2) is 9.55 Å². The number of amides is 2. The number of benzene rings is 2. The number of hydrogen-bond donors (Lipinski definition) is 2. The third-order valence-electron chi connectivity index (χ3n) is 6.00. The highest BCUT2D eigenvalue weighted by atomic mass is 79.9. The van der Waals surface area contributed by atoms with Crippen molar-refractivity contribution in [3.05, 3.63) is 85.7 Å². The maximum Gasteiger partial charge on any atom is 0.263 e. The van der Waals surface area contributed by atoms with Crippen LogP contribution in [0.2, 0.25) is 0 Å². The number of nitrogens with one attached hydrogen (secondary N) is 2. The third-order valence-corrected chi connectivity index (χ3v) is 6.53. The Balaban J connectivity index is 1.75. The van der Waals surface area contributed by atoms with Crippen molar-refractivity contribution in [2.24, 2.45) is 0 Å². The normalized spacial score (nSPS) is 15.0. The molecule has 182 valence electrons. The summed E-state index contributed by atoms with van der Waals surface area (Å²) < 4.78 is 2.45. The number of carbonyl (C=O) groups is 2. The second kappa shape index (κ2) is 10.0. The molecule has 1 aromatic heterocycles. The van der Waals surface area contributed by atoms with E-state index < -0.39 is 0 Å². The van der Waals surface area contributed by atoms with Crippen LogP contribution < -0.4 is 16.2 Å². The highest BCUT2D eigenvalue weighted by Crippen LogP contribution is 2.25. The van der Waals surface area contributed by atoms with Crippen LogP contribution in [0, 0.1) is 0 Å². The van der Waals surface area contributed by atoms with Crippen molar-refractivity contribution in [1.29, 1.82) is 0 Å². The Hall–Kier alpha value is -3.46. The van der Waals surface area contributed by atoms with E-state index >= 15 is 0 Å². The van der Waals surface area contributed by atoms with Gasteiger partial charge in [0, 0.05) is 40.3 Å². The monoisotopic (exact) mass is 537 g/mol. The molecule has 1 atom stereocenters. The Morgan fingerprint density at radius 1 is 1.06 bits per heavy atom. The van der Waals surface area contributed by atoms with Crippen LogP contribution in [0.4, 0.5) is 5.95 Å². The Morgan fingerprint density at radius 3 is 2.29 bits per heavy atom. The van der Waals surface area contributed by atoms with Gasteiger partial charge < -0.3 is 15.5 Å². The van der Waals surface area contributed by atoms with Crippen LogP contribution in [0.25, 0.3) is 5.69 Å². The first-order valence-corrected chi connectivity index (χ1v) is 12.3. The van der Waals surface area contributed by atoms with Crippen molar-refractivity contribution >= 4 is 33.7 Å². The fraction of sp³-hybridized carbons (Fsp3) is 0.308. The minimum absolute atomic E-state index is 0.0272. The zero-order chi connectivity index (χ0) is 25.3. The van der Waals surface area contributed by atoms with E-state index in [1.807, 2.05) is 32.9 Å². The number of halogens is 1. The molecule has 35 heavy (non-hydrogen) atoms. The van der Waals surface area contributed by atoms with Crippen LogP contribution in [-0.2, 0) is 13.0 Å². The number of anilines is 1. The zero-order valence-electron chi connectivity index (χ0n) is 20.1. The summed E-state index contributed by atoms with van der Waals surface area (Å²) in [5, 5.41) is 5.86. The van der Waals surface area contributed by atoms with E-state index in [4.69, 9.17) is 4.98 Å². The summed E-state index contributed by atoms with van der Waals surface area (Å²) in [6.45, 7) is 6.14. The van der Waals surface area contributed by atoms with Crippen LogP contribution >= 0.6 is 15.9 Å². The van der Waals surface area contributed by atoms with E-state index in [9.17, 15) is 14.4 Å². The average molecular weight is 538 g/mol. The number of aromatic nitrogens is 2. The summed E-state index contributed by atoms with van der Waals surface area (Å²) in [5.41, 5.74) is 2.73. The van der Waals surface area contributed by atoms with Crippen molar-refractivity contribution in [3.63, 3.8) is 0 Å². The van der Waals surface area contributed by atoms with Gasteiger partial charge in [0.15, 0.2) is 0 Å². The van der Waals surface area contributed by atoms with Crippen molar-refractivity contribution in [2.45, 2.75) is 45.8 Å². The third kappa shape index (κ3) is 5.00.